The molecule has 0 atom stereocenters. The topological polar surface area (TPSA) is 72.7 Å². The number of hydrogen-bond acceptors (Lipinski definition) is 4. The van der Waals surface area contributed by atoms with E-state index in [1.54, 1.807) is 29.3 Å². The largest absolute Gasteiger partial charge is 0.309 e. The second kappa shape index (κ2) is 5.40. The molecule has 0 fully saturated rings. The Labute approximate surface area is 103 Å². The van der Waals surface area contributed by atoms with Crippen molar-refractivity contribution in [2.45, 2.75) is 13.0 Å². The molecular weight excluding hydrogens is 242 g/mol. The maximum absolute atomic E-state index is 11.6. The predicted octanol–water partition coefficient (Wildman–Crippen LogP) is 1.36. The maximum atomic E-state index is 11.6. The molecule has 7 heteroatoms. The first kappa shape index (κ1) is 11.5. The first-order valence-corrected chi connectivity index (χ1v) is 5.36. The third-order valence-corrected chi connectivity index (χ3v) is 2.36. The van der Waals surface area contributed by atoms with E-state index in [9.17, 15) is 4.79 Å². The third-order valence-electron chi connectivity index (χ3n) is 2.05. The number of anilines is 1. The van der Waals surface area contributed by atoms with Gasteiger partial charge in [-0.2, -0.15) is 5.10 Å². The fourth-order valence-electron chi connectivity index (χ4n) is 1.24. The summed E-state index contributed by atoms with van der Waals surface area (Å²) in [6.07, 6.45) is 4.84. The zero-order valence-corrected chi connectivity index (χ0v) is 9.63. The fraction of sp³-hybridized carbons (Fsp3) is 0.200. The Kier molecular flexibility index (Phi) is 3.66. The smallest absolute Gasteiger partial charge is 0.227 e. The second-order valence-electron chi connectivity index (χ2n) is 3.29. The summed E-state index contributed by atoms with van der Waals surface area (Å²) in [6.45, 7) is 0.469. The number of carbonyl (C=O) groups excluding carboxylic acids is 1. The van der Waals surface area contributed by atoms with E-state index in [1.165, 1.54) is 6.33 Å². The van der Waals surface area contributed by atoms with E-state index in [1.807, 2.05) is 0 Å². The highest BCUT2D eigenvalue weighted by Gasteiger charge is 2.06. The summed E-state index contributed by atoms with van der Waals surface area (Å²) in [7, 11) is 0. The van der Waals surface area contributed by atoms with Crippen LogP contribution in [0, 0.1) is 0 Å². The van der Waals surface area contributed by atoms with Crippen molar-refractivity contribution in [1.82, 2.24) is 19.7 Å². The molecule has 0 aliphatic rings. The summed E-state index contributed by atoms with van der Waals surface area (Å²) < 4.78 is 1.58. The lowest BCUT2D eigenvalue weighted by molar-refractivity contribution is -0.116. The highest BCUT2D eigenvalue weighted by atomic mass is 35.5. The van der Waals surface area contributed by atoms with Crippen molar-refractivity contribution >= 4 is 23.3 Å². The number of aryl methyl sites for hydroxylation is 1. The number of aromatic nitrogens is 4. The van der Waals surface area contributed by atoms with Gasteiger partial charge in [-0.3, -0.25) is 9.48 Å². The standard InChI is InChI=1S/C10H10ClN5O/c11-8-2-1-4-13-10(8)15-9(17)3-5-16-7-12-6-14-16/h1-2,4,6-7H,3,5H2,(H,13,15,17). The van der Waals surface area contributed by atoms with Crippen LogP contribution in [0.15, 0.2) is 31.0 Å². The van der Waals surface area contributed by atoms with Crippen LogP contribution < -0.4 is 5.32 Å². The number of pyridine rings is 1. The van der Waals surface area contributed by atoms with Crippen LogP contribution in [-0.4, -0.2) is 25.7 Å². The van der Waals surface area contributed by atoms with E-state index in [2.05, 4.69) is 20.4 Å². The lowest BCUT2D eigenvalue weighted by atomic mass is 10.4. The van der Waals surface area contributed by atoms with Crippen molar-refractivity contribution in [1.29, 1.82) is 0 Å². The molecule has 0 spiro atoms. The minimum absolute atomic E-state index is 0.166. The Morgan fingerprint density at radius 2 is 2.41 bits per heavy atom. The number of nitrogens with one attached hydrogen (secondary N) is 1. The lowest BCUT2D eigenvalue weighted by Crippen LogP contribution is -2.15. The van der Waals surface area contributed by atoms with E-state index in [0.29, 0.717) is 17.4 Å². The van der Waals surface area contributed by atoms with Crippen LogP contribution in [0.4, 0.5) is 5.82 Å². The number of amides is 1. The summed E-state index contributed by atoms with van der Waals surface area (Å²) in [5.74, 6) is 0.207. The van der Waals surface area contributed by atoms with Crippen LogP contribution in [0.2, 0.25) is 5.02 Å². The number of nitrogens with zero attached hydrogens (tertiary/aromatic N) is 4. The molecule has 2 rings (SSSR count). The van der Waals surface area contributed by atoms with Gasteiger partial charge >= 0.3 is 0 Å². The van der Waals surface area contributed by atoms with Gasteiger partial charge < -0.3 is 5.32 Å². The summed E-state index contributed by atoms with van der Waals surface area (Å²) in [6, 6.07) is 3.37. The molecule has 0 aliphatic heterocycles. The van der Waals surface area contributed by atoms with Gasteiger partial charge in [0, 0.05) is 12.6 Å². The second-order valence-corrected chi connectivity index (χ2v) is 3.70. The van der Waals surface area contributed by atoms with Gasteiger partial charge in [-0.1, -0.05) is 11.6 Å². The van der Waals surface area contributed by atoms with Gasteiger partial charge in [-0.05, 0) is 12.1 Å². The summed E-state index contributed by atoms with van der Waals surface area (Å²) >= 11 is 5.86. The summed E-state index contributed by atoms with van der Waals surface area (Å²) in [4.78, 5) is 19.3. The molecule has 6 nitrogen and oxygen atoms in total. The van der Waals surface area contributed by atoms with E-state index in [-0.39, 0.29) is 12.3 Å². The summed E-state index contributed by atoms with van der Waals surface area (Å²) in [5.41, 5.74) is 0. The molecule has 0 radical (unpaired) electrons. The molecule has 1 N–H and O–H groups in total. The molecule has 0 saturated heterocycles. The molecule has 0 aliphatic carbocycles. The quantitative estimate of drug-likeness (QED) is 0.890. The van der Waals surface area contributed by atoms with Crippen LogP contribution in [0.1, 0.15) is 6.42 Å². The summed E-state index contributed by atoms with van der Waals surface area (Å²) in [5, 5.41) is 6.94. The SMILES string of the molecule is O=C(CCn1cncn1)Nc1ncccc1Cl. The van der Waals surface area contributed by atoms with Crippen LogP contribution >= 0.6 is 11.6 Å². The first-order valence-electron chi connectivity index (χ1n) is 4.98. The number of halogens is 1. The third kappa shape index (κ3) is 3.25. The molecule has 1 amide bonds. The highest BCUT2D eigenvalue weighted by Crippen LogP contribution is 2.17. The fourth-order valence-corrected chi connectivity index (χ4v) is 1.41. The zero-order valence-electron chi connectivity index (χ0n) is 8.88. The molecule has 17 heavy (non-hydrogen) atoms. The average molecular weight is 252 g/mol. The lowest BCUT2D eigenvalue weighted by Gasteiger charge is -2.05. The van der Waals surface area contributed by atoms with E-state index < -0.39 is 0 Å². The van der Waals surface area contributed by atoms with Gasteiger partial charge in [0.05, 0.1) is 11.6 Å². The van der Waals surface area contributed by atoms with E-state index in [4.69, 9.17) is 11.6 Å². The van der Waals surface area contributed by atoms with Gasteiger partial charge in [0.1, 0.15) is 12.7 Å². The average Bonchev–Trinajstić information content (AvgIpc) is 2.82. The normalized spacial score (nSPS) is 10.2. The minimum atomic E-state index is -0.166. The van der Waals surface area contributed by atoms with Gasteiger partial charge in [-0.25, -0.2) is 9.97 Å². The van der Waals surface area contributed by atoms with Crippen LogP contribution in [0.25, 0.3) is 0 Å². The Morgan fingerprint density at radius 3 is 3.12 bits per heavy atom. The molecule has 88 valence electrons. The van der Waals surface area contributed by atoms with Crippen molar-refractivity contribution < 1.29 is 4.79 Å². The Balaban J connectivity index is 1.87. The monoisotopic (exact) mass is 251 g/mol. The maximum Gasteiger partial charge on any atom is 0.227 e. The first-order chi connectivity index (χ1) is 8.25. The molecule has 0 saturated carbocycles. The molecule has 2 aromatic heterocycles. The van der Waals surface area contributed by atoms with Crippen LogP contribution in [0.5, 0.6) is 0 Å². The Hall–Kier alpha value is -1.95. The van der Waals surface area contributed by atoms with Crippen LogP contribution in [-0.2, 0) is 11.3 Å². The molecule has 2 aromatic rings. The molecule has 2 heterocycles. The van der Waals surface area contributed by atoms with Crippen LogP contribution in [0.3, 0.4) is 0 Å². The van der Waals surface area contributed by atoms with Crippen molar-refractivity contribution in [3.63, 3.8) is 0 Å². The molecule has 0 unspecified atom stereocenters. The van der Waals surface area contributed by atoms with Crippen molar-refractivity contribution in [2.24, 2.45) is 0 Å². The van der Waals surface area contributed by atoms with Gasteiger partial charge in [0.15, 0.2) is 5.82 Å². The van der Waals surface area contributed by atoms with Crippen molar-refractivity contribution in [2.75, 3.05) is 5.32 Å². The van der Waals surface area contributed by atoms with E-state index >= 15 is 0 Å². The Morgan fingerprint density at radius 1 is 1.53 bits per heavy atom. The van der Waals surface area contributed by atoms with Crippen molar-refractivity contribution in [3.8, 4) is 0 Å². The van der Waals surface area contributed by atoms with E-state index in [0.717, 1.165) is 0 Å². The number of hydrogen-bond donors (Lipinski definition) is 1. The zero-order chi connectivity index (χ0) is 12.1. The van der Waals surface area contributed by atoms with Crippen molar-refractivity contribution in [3.05, 3.63) is 36.0 Å². The predicted molar refractivity (Wildman–Crippen MR) is 62.5 cm³/mol. The number of carbonyl (C=O) groups is 1. The van der Waals surface area contributed by atoms with Gasteiger partial charge in [0.25, 0.3) is 0 Å². The van der Waals surface area contributed by atoms with Gasteiger partial charge in [0.2, 0.25) is 5.91 Å². The Bertz CT molecular complexity index is 499. The molecule has 0 bridgehead atoms. The molecule has 0 aromatic carbocycles. The van der Waals surface area contributed by atoms with Gasteiger partial charge in [-0.15, -0.1) is 0 Å². The number of rotatable bonds is 4. The molecular formula is C10H10ClN5O. The minimum Gasteiger partial charge on any atom is -0.309 e. The highest BCUT2D eigenvalue weighted by molar-refractivity contribution is 6.33.